The molecule has 0 aliphatic rings. The summed E-state index contributed by atoms with van der Waals surface area (Å²) in [6.07, 6.45) is 2.81. The van der Waals surface area contributed by atoms with E-state index in [-0.39, 0.29) is 0 Å². The number of nitrogens with one attached hydrogen (secondary N) is 1. The Balaban J connectivity index is 1.93. The van der Waals surface area contributed by atoms with Crippen molar-refractivity contribution < 1.29 is 4.42 Å². The third-order valence-corrected chi connectivity index (χ3v) is 3.14. The number of nitrogens with zero attached hydrogens (tertiary/aromatic N) is 2. The molecule has 0 saturated heterocycles. The van der Waals surface area contributed by atoms with E-state index >= 15 is 0 Å². The summed E-state index contributed by atoms with van der Waals surface area (Å²) < 4.78 is 5.50. The van der Waals surface area contributed by atoms with Gasteiger partial charge in [-0.3, -0.25) is 0 Å². The van der Waals surface area contributed by atoms with Crippen LogP contribution < -0.4 is 10.2 Å². The fourth-order valence-electron chi connectivity index (χ4n) is 1.92. The first-order valence-electron chi connectivity index (χ1n) is 6.79. The maximum atomic E-state index is 5.98. The topological polar surface area (TPSA) is 41.3 Å². The van der Waals surface area contributed by atoms with Gasteiger partial charge in [0, 0.05) is 25.2 Å². The van der Waals surface area contributed by atoms with Crippen LogP contribution in [-0.4, -0.2) is 18.6 Å². The van der Waals surface area contributed by atoms with Gasteiger partial charge in [-0.15, -0.1) is 0 Å². The minimum Gasteiger partial charge on any atom is -0.432 e. The molecule has 0 spiro atoms. The fourth-order valence-corrected chi connectivity index (χ4v) is 2.14. The molecule has 0 unspecified atom stereocenters. The van der Waals surface area contributed by atoms with E-state index in [1.807, 2.05) is 36.2 Å². The second-order valence-electron chi connectivity index (χ2n) is 4.78. The highest BCUT2D eigenvalue weighted by Crippen LogP contribution is 2.17. The molecular weight excluding hydrogens is 274 g/mol. The summed E-state index contributed by atoms with van der Waals surface area (Å²) in [4.78, 5) is 6.43. The molecule has 0 fully saturated rings. The SMILES string of the molecule is CCCNCc1coc(N(C)Cc2cccc(Cl)c2)n1. The van der Waals surface area contributed by atoms with Crippen LogP contribution in [0.4, 0.5) is 6.01 Å². The smallest absolute Gasteiger partial charge is 0.297 e. The molecule has 5 heteroatoms. The van der Waals surface area contributed by atoms with Crippen molar-refractivity contribution in [3.8, 4) is 0 Å². The Morgan fingerprint density at radius 2 is 2.25 bits per heavy atom. The zero-order valence-corrected chi connectivity index (χ0v) is 12.7. The van der Waals surface area contributed by atoms with E-state index in [1.165, 1.54) is 0 Å². The van der Waals surface area contributed by atoms with Crippen molar-refractivity contribution in [2.24, 2.45) is 0 Å². The minimum atomic E-state index is 0.623. The predicted octanol–water partition coefficient (Wildman–Crippen LogP) is 3.46. The molecular formula is C15H20ClN3O. The van der Waals surface area contributed by atoms with Crippen LogP contribution in [0.2, 0.25) is 5.02 Å². The van der Waals surface area contributed by atoms with Gasteiger partial charge in [-0.1, -0.05) is 30.7 Å². The van der Waals surface area contributed by atoms with Crippen LogP contribution in [0.1, 0.15) is 24.6 Å². The van der Waals surface area contributed by atoms with Gasteiger partial charge >= 0.3 is 0 Å². The number of halogens is 1. The molecule has 4 nitrogen and oxygen atoms in total. The predicted molar refractivity (Wildman–Crippen MR) is 82.1 cm³/mol. The molecule has 0 amide bonds. The van der Waals surface area contributed by atoms with Gasteiger partial charge in [0.2, 0.25) is 0 Å². The molecule has 0 radical (unpaired) electrons. The number of oxazole rings is 1. The third kappa shape index (κ3) is 4.25. The molecule has 1 aromatic carbocycles. The largest absolute Gasteiger partial charge is 0.432 e. The first-order valence-corrected chi connectivity index (χ1v) is 7.17. The maximum Gasteiger partial charge on any atom is 0.297 e. The number of rotatable bonds is 7. The lowest BCUT2D eigenvalue weighted by Crippen LogP contribution is -2.17. The number of hydrogen-bond donors (Lipinski definition) is 1. The molecule has 1 N–H and O–H groups in total. The van der Waals surface area contributed by atoms with Gasteiger partial charge in [0.05, 0.1) is 5.69 Å². The Kier molecular flexibility index (Phi) is 5.44. The Bertz CT molecular complexity index is 541. The standard InChI is InChI=1S/C15H20ClN3O/c1-3-7-17-9-14-11-20-15(18-14)19(2)10-12-5-4-6-13(16)8-12/h4-6,8,11,17H,3,7,9-10H2,1-2H3. The summed E-state index contributed by atoms with van der Waals surface area (Å²) >= 11 is 5.98. The van der Waals surface area contributed by atoms with Crippen molar-refractivity contribution in [2.45, 2.75) is 26.4 Å². The quantitative estimate of drug-likeness (QED) is 0.794. The summed E-state index contributed by atoms with van der Waals surface area (Å²) in [5, 5.41) is 4.05. The van der Waals surface area contributed by atoms with Crippen molar-refractivity contribution in [3.05, 3.63) is 46.8 Å². The lowest BCUT2D eigenvalue weighted by atomic mass is 10.2. The average molecular weight is 294 g/mol. The summed E-state index contributed by atoms with van der Waals surface area (Å²) in [7, 11) is 1.95. The second-order valence-corrected chi connectivity index (χ2v) is 5.22. The molecule has 0 bridgehead atoms. The monoisotopic (exact) mass is 293 g/mol. The van der Waals surface area contributed by atoms with Gasteiger partial charge in [0.1, 0.15) is 6.26 Å². The number of anilines is 1. The van der Waals surface area contributed by atoms with Crippen LogP contribution in [0.15, 0.2) is 34.9 Å². The Hall–Kier alpha value is -1.52. The maximum absolute atomic E-state index is 5.98. The van der Waals surface area contributed by atoms with E-state index in [1.54, 1.807) is 6.26 Å². The lowest BCUT2D eigenvalue weighted by molar-refractivity contribution is 0.542. The van der Waals surface area contributed by atoms with E-state index in [9.17, 15) is 0 Å². The lowest BCUT2D eigenvalue weighted by Gasteiger charge is -2.14. The first-order chi connectivity index (χ1) is 9.69. The van der Waals surface area contributed by atoms with Gasteiger partial charge in [-0.25, -0.2) is 0 Å². The third-order valence-electron chi connectivity index (χ3n) is 2.91. The zero-order chi connectivity index (χ0) is 14.4. The molecule has 20 heavy (non-hydrogen) atoms. The van der Waals surface area contributed by atoms with E-state index in [0.717, 1.165) is 35.8 Å². The van der Waals surface area contributed by atoms with Crippen molar-refractivity contribution in [1.82, 2.24) is 10.3 Å². The Morgan fingerprint density at radius 3 is 3.00 bits per heavy atom. The van der Waals surface area contributed by atoms with Crippen LogP contribution in [0.25, 0.3) is 0 Å². The molecule has 108 valence electrons. The van der Waals surface area contributed by atoms with Crippen molar-refractivity contribution >= 4 is 17.6 Å². The van der Waals surface area contributed by atoms with Crippen molar-refractivity contribution in [1.29, 1.82) is 0 Å². The first kappa shape index (κ1) is 14.9. The van der Waals surface area contributed by atoms with Gasteiger partial charge in [0.25, 0.3) is 6.01 Å². The summed E-state index contributed by atoms with van der Waals surface area (Å²) in [5.41, 5.74) is 2.05. The Morgan fingerprint density at radius 1 is 1.40 bits per heavy atom. The molecule has 0 atom stereocenters. The highest BCUT2D eigenvalue weighted by atomic mass is 35.5. The van der Waals surface area contributed by atoms with Crippen molar-refractivity contribution in [2.75, 3.05) is 18.5 Å². The molecule has 1 aromatic heterocycles. The van der Waals surface area contributed by atoms with Gasteiger partial charge in [-0.05, 0) is 30.7 Å². The number of benzene rings is 1. The van der Waals surface area contributed by atoms with Gasteiger partial charge < -0.3 is 14.6 Å². The van der Waals surface area contributed by atoms with Crippen LogP contribution in [0.5, 0.6) is 0 Å². The summed E-state index contributed by atoms with van der Waals surface area (Å²) in [5.74, 6) is 0. The van der Waals surface area contributed by atoms with E-state index in [0.29, 0.717) is 12.6 Å². The van der Waals surface area contributed by atoms with E-state index in [4.69, 9.17) is 16.0 Å². The fraction of sp³-hybridized carbons (Fsp3) is 0.400. The highest BCUT2D eigenvalue weighted by molar-refractivity contribution is 6.30. The second kappa shape index (κ2) is 7.31. The van der Waals surface area contributed by atoms with Crippen LogP contribution in [-0.2, 0) is 13.1 Å². The van der Waals surface area contributed by atoms with E-state index in [2.05, 4.69) is 17.2 Å². The highest BCUT2D eigenvalue weighted by Gasteiger charge is 2.09. The van der Waals surface area contributed by atoms with Crippen LogP contribution >= 0.6 is 11.6 Å². The van der Waals surface area contributed by atoms with Gasteiger partial charge in [0.15, 0.2) is 0 Å². The Labute approximate surface area is 124 Å². The molecule has 0 aliphatic heterocycles. The van der Waals surface area contributed by atoms with Crippen LogP contribution in [0.3, 0.4) is 0 Å². The molecule has 2 aromatic rings. The zero-order valence-electron chi connectivity index (χ0n) is 11.9. The molecule has 0 saturated carbocycles. The van der Waals surface area contributed by atoms with Crippen LogP contribution in [0, 0.1) is 0 Å². The summed E-state index contributed by atoms with van der Waals surface area (Å²) in [6.45, 7) is 4.58. The number of hydrogen-bond acceptors (Lipinski definition) is 4. The molecule has 0 aliphatic carbocycles. The molecule has 2 rings (SSSR count). The summed E-state index contributed by atoms with van der Waals surface area (Å²) in [6, 6.07) is 8.42. The molecule has 1 heterocycles. The normalized spacial score (nSPS) is 10.8. The minimum absolute atomic E-state index is 0.623. The van der Waals surface area contributed by atoms with E-state index < -0.39 is 0 Å². The van der Waals surface area contributed by atoms with Crippen molar-refractivity contribution in [3.63, 3.8) is 0 Å². The average Bonchev–Trinajstić information content (AvgIpc) is 2.88. The number of aromatic nitrogens is 1. The van der Waals surface area contributed by atoms with Gasteiger partial charge in [-0.2, -0.15) is 4.98 Å².